The molecular formula is C28H44N4O2. The molecule has 6 nitrogen and oxygen atoms in total. The molecule has 1 aliphatic rings. The molecule has 0 saturated carbocycles. The number of rotatable bonds is 6. The third-order valence-corrected chi connectivity index (χ3v) is 6.13. The lowest BCUT2D eigenvalue weighted by molar-refractivity contribution is -0.129. The minimum Gasteiger partial charge on any atom is -0.357 e. The summed E-state index contributed by atoms with van der Waals surface area (Å²) in [4.78, 5) is 33.1. The zero-order valence-corrected chi connectivity index (χ0v) is 22.4. The van der Waals surface area contributed by atoms with Crippen LogP contribution in [0.4, 0.5) is 0 Å². The van der Waals surface area contributed by atoms with Gasteiger partial charge in [-0.25, -0.2) is 4.99 Å². The van der Waals surface area contributed by atoms with Crippen molar-refractivity contribution < 1.29 is 9.59 Å². The first-order chi connectivity index (χ1) is 15.9. The Hall–Kier alpha value is -2.65. The van der Waals surface area contributed by atoms with Crippen molar-refractivity contribution in [1.82, 2.24) is 15.5 Å². The van der Waals surface area contributed by atoms with Crippen LogP contribution in [0.25, 0.3) is 0 Å². The quantitative estimate of drug-likeness (QED) is 0.452. The van der Waals surface area contributed by atoms with Crippen molar-refractivity contribution in [2.24, 2.45) is 16.3 Å². The summed E-state index contributed by atoms with van der Waals surface area (Å²) in [5.41, 5.74) is 2.82. The fourth-order valence-corrected chi connectivity index (χ4v) is 3.76. The molecule has 188 valence electrons. The van der Waals surface area contributed by atoms with Crippen LogP contribution in [-0.4, -0.2) is 55.7 Å². The number of carbonyl (C=O) groups is 2. The van der Waals surface area contributed by atoms with Crippen molar-refractivity contribution in [2.75, 3.05) is 27.2 Å². The Balaban J connectivity index is 3.60. The molecule has 1 rings (SSSR count). The lowest BCUT2D eigenvalue weighted by Crippen LogP contribution is -2.53. The highest BCUT2D eigenvalue weighted by Crippen LogP contribution is 2.23. The van der Waals surface area contributed by atoms with Crippen LogP contribution >= 0.6 is 0 Å². The van der Waals surface area contributed by atoms with Crippen LogP contribution < -0.4 is 10.6 Å². The van der Waals surface area contributed by atoms with E-state index < -0.39 is 11.5 Å². The second-order valence-corrected chi connectivity index (χ2v) is 10.2. The van der Waals surface area contributed by atoms with E-state index in [2.05, 4.69) is 48.3 Å². The Morgan fingerprint density at radius 1 is 1.32 bits per heavy atom. The molecule has 2 amide bonds. The predicted octanol–water partition coefficient (Wildman–Crippen LogP) is 4.26. The summed E-state index contributed by atoms with van der Waals surface area (Å²) in [6, 6.07) is -0.694. The SMILES string of the molecule is C#C/C=C(/C1=N/C(C(=O)N[C@H](C(=O)NC)C(C)(C)C)=C/CN(C)CCC/C=C(\C)C1)C(C)CC. The molecule has 2 atom stereocenters. The van der Waals surface area contributed by atoms with Gasteiger partial charge in [0.25, 0.3) is 5.91 Å². The van der Waals surface area contributed by atoms with Crippen molar-refractivity contribution >= 4 is 17.5 Å². The highest BCUT2D eigenvalue weighted by molar-refractivity contribution is 6.06. The van der Waals surface area contributed by atoms with Crippen molar-refractivity contribution in [3.63, 3.8) is 0 Å². The maximum Gasteiger partial charge on any atom is 0.270 e. The van der Waals surface area contributed by atoms with Gasteiger partial charge < -0.3 is 15.5 Å². The van der Waals surface area contributed by atoms with E-state index in [1.165, 1.54) is 5.57 Å². The zero-order valence-electron chi connectivity index (χ0n) is 22.4. The summed E-state index contributed by atoms with van der Waals surface area (Å²) in [6.45, 7) is 13.6. The number of likely N-dealkylation sites (N-methyl/N-ethyl adjacent to an activating group) is 2. The lowest BCUT2D eigenvalue weighted by Gasteiger charge is -2.30. The average Bonchev–Trinajstić information content (AvgIpc) is 2.77. The Bertz CT molecular complexity index is 881. The number of nitrogens with zero attached hydrogens (tertiary/aromatic N) is 2. The monoisotopic (exact) mass is 468 g/mol. The molecule has 0 aromatic heterocycles. The van der Waals surface area contributed by atoms with Gasteiger partial charge in [0.15, 0.2) is 0 Å². The number of carbonyl (C=O) groups excluding carboxylic acids is 2. The maximum absolute atomic E-state index is 13.5. The molecule has 6 heteroatoms. The second kappa shape index (κ2) is 13.9. The first-order valence-electron chi connectivity index (χ1n) is 12.2. The Morgan fingerprint density at radius 2 is 2.00 bits per heavy atom. The fraction of sp³-hybridized carbons (Fsp3) is 0.607. The molecule has 1 aliphatic heterocycles. The van der Waals surface area contributed by atoms with E-state index in [0.29, 0.717) is 18.7 Å². The van der Waals surface area contributed by atoms with E-state index >= 15 is 0 Å². The van der Waals surface area contributed by atoms with Crippen LogP contribution in [0.5, 0.6) is 0 Å². The van der Waals surface area contributed by atoms with Crippen LogP contribution in [0.2, 0.25) is 0 Å². The maximum atomic E-state index is 13.5. The number of allylic oxidation sites excluding steroid dienone is 4. The highest BCUT2D eigenvalue weighted by Gasteiger charge is 2.33. The molecule has 0 radical (unpaired) electrons. The topological polar surface area (TPSA) is 73.8 Å². The summed E-state index contributed by atoms with van der Waals surface area (Å²) < 4.78 is 0. The molecule has 1 unspecified atom stereocenters. The molecule has 0 aromatic carbocycles. The van der Waals surface area contributed by atoms with E-state index in [4.69, 9.17) is 11.4 Å². The van der Waals surface area contributed by atoms with Gasteiger partial charge in [0.05, 0.1) is 0 Å². The highest BCUT2D eigenvalue weighted by atomic mass is 16.2. The molecule has 34 heavy (non-hydrogen) atoms. The van der Waals surface area contributed by atoms with E-state index in [0.717, 1.165) is 37.1 Å². The first kappa shape index (κ1) is 29.4. The lowest BCUT2D eigenvalue weighted by atomic mass is 9.86. The van der Waals surface area contributed by atoms with Crippen LogP contribution in [0, 0.1) is 23.7 Å². The molecule has 0 spiro atoms. The Kier molecular flexibility index (Phi) is 12.0. The summed E-state index contributed by atoms with van der Waals surface area (Å²) >= 11 is 0. The second-order valence-electron chi connectivity index (χ2n) is 10.2. The van der Waals surface area contributed by atoms with Crippen LogP contribution in [0.3, 0.4) is 0 Å². The van der Waals surface area contributed by atoms with Gasteiger partial charge in [-0.1, -0.05) is 52.2 Å². The standard InChI is InChI=1S/C28H44N4O2/c1-10-14-22(21(4)11-2)24-19-20(3)15-12-13-17-32(9)18-16-23(30-24)26(33)31-25(27(34)29-8)28(5,6)7/h1,14-16,21,25H,11-13,17-19H2,2-9H3,(H,29,34)(H,31,33)/b20-15+,22-14+,23-16+,30-24+/t21?,25-/m1/s1. The van der Waals surface area contributed by atoms with E-state index in [1.807, 2.05) is 33.9 Å². The predicted molar refractivity (Wildman–Crippen MR) is 142 cm³/mol. The zero-order chi connectivity index (χ0) is 25.9. The molecule has 0 aromatic rings. The minimum atomic E-state index is -0.694. The van der Waals surface area contributed by atoms with Gasteiger partial charge in [0.1, 0.15) is 11.7 Å². The first-order valence-corrected chi connectivity index (χ1v) is 12.2. The van der Waals surface area contributed by atoms with Crippen molar-refractivity contribution in [2.45, 2.75) is 73.3 Å². The van der Waals surface area contributed by atoms with Gasteiger partial charge in [0.2, 0.25) is 5.91 Å². The van der Waals surface area contributed by atoms with Crippen molar-refractivity contribution in [1.29, 1.82) is 0 Å². The third-order valence-electron chi connectivity index (χ3n) is 6.13. The number of hydrogen-bond donors (Lipinski definition) is 2. The van der Waals surface area contributed by atoms with Crippen LogP contribution in [-0.2, 0) is 9.59 Å². The smallest absolute Gasteiger partial charge is 0.270 e. The van der Waals surface area contributed by atoms with Crippen LogP contribution in [0.1, 0.15) is 67.2 Å². The number of amides is 2. The average molecular weight is 469 g/mol. The van der Waals surface area contributed by atoms with E-state index in [1.54, 1.807) is 13.1 Å². The van der Waals surface area contributed by atoms with E-state index in [-0.39, 0.29) is 17.7 Å². The van der Waals surface area contributed by atoms with E-state index in [9.17, 15) is 9.59 Å². The van der Waals surface area contributed by atoms with Gasteiger partial charge in [-0.2, -0.15) is 0 Å². The molecule has 0 fully saturated rings. The Labute approximate surface area is 207 Å². The number of terminal acetylenes is 1. The summed E-state index contributed by atoms with van der Waals surface area (Å²) in [7, 11) is 3.61. The van der Waals surface area contributed by atoms with Gasteiger partial charge >= 0.3 is 0 Å². The number of nitrogens with one attached hydrogen (secondary N) is 2. The van der Waals surface area contributed by atoms with Gasteiger partial charge in [-0.3, -0.25) is 9.59 Å². The fourth-order valence-electron chi connectivity index (χ4n) is 3.76. The van der Waals surface area contributed by atoms with Gasteiger partial charge in [-0.15, -0.1) is 6.42 Å². The Morgan fingerprint density at radius 3 is 2.56 bits per heavy atom. The minimum absolute atomic E-state index is 0.204. The summed E-state index contributed by atoms with van der Waals surface area (Å²) in [5.74, 6) is 2.27. The number of hydrogen-bond acceptors (Lipinski definition) is 4. The number of aliphatic imine (C=N–C) groups is 1. The molecule has 0 saturated heterocycles. The molecule has 1 heterocycles. The normalized spacial score (nSPS) is 23.3. The molecule has 2 N–H and O–H groups in total. The van der Waals surface area contributed by atoms with Gasteiger partial charge in [0, 0.05) is 25.7 Å². The summed E-state index contributed by atoms with van der Waals surface area (Å²) in [5, 5.41) is 5.59. The third kappa shape index (κ3) is 9.30. The molecule has 0 bridgehead atoms. The largest absolute Gasteiger partial charge is 0.357 e. The van der Waals surface area contributed by atoms with Crippen molar-refractivity contribution in [3.8, 4) is 12.3 Å². The summed E-state index contributed by atoms with van der Waals surface area (Å²) in [6.07, 6.45) is 15.1. The van der Waals surface area contributed by atoms with Crippen LogP contribution in [0.15, 0.2) is 40.1 Å². The van der Waals surface area contributed by atoms with Crippen molar-refractivity contribution in [3.05, 3.63) is 35.1 Å². The van der Waals surface area contributed by atoms with Gasteiger partial charge in [-0.05, 0) is 68.8 Å². The molecular weight excluding hydrogens is 424 g/mol. The molecule has 0 aliphatic carbocycles.